The van der Waals surface area contributed by atoms with Gasteiger partial charge in [0.25, 0.3) is 0 Å². The molecule has 3 aromatic rings. The smallest absolute Gasteiger partial charge is 0.337 e. The summed E-state index contributed by atoms with van der Waals surface area (Å²) in [6.45, 7) is -0.210. The number of aromatic nitrogens is 2. The summed E-state index contributed by atoms with van der Waals surface area (Å²) < 4.78 is 36.8. The zero-order valence-electron chi connectivity index (χ0n) is 14.0. The molecule has 1 aromatic heterocycles. The Morgan fingerprint density at radius 1 is 1.22 bits per heavy atom. The number of hydrogen-bond acceptors (Lipinski definition) is 7. The van der Waals surface area contributed by atoms with Gasteiger partial charge in [-0.1, -0.05) is 35.0 Å². The third-order valence-electron chi connectivity index (χ3n) is 3.53. The molecule has 2 aromatic carbocycles. The van der Waals surface area contributed by atoms with Gasteiger partial charge in [-0.15, -0.1) is 0 Å². The highest BCUT2D eigenvalue weighted by Crippen LogP contribution is 2.20. The van der Waals surface area contributed by atoms with E-state index in [2.05, 4.69) is 19.6 Å². The minimum absolute atomic E-state index is 0.0812. The molecule has 0 amide bonds. The average molecular weight is 408 g/mol. The number of esters is 1. The van der Waals surface area contributed by atoms with Gasteiger partial charge >= 0.3 is 5.97 Å². The second-order valence-electron chi connectivity index (χ2n) is 5.37. The van der Waals surface area contributed by atoms with E-state index in [0.717, 1.165) is 0 Å². The number of nitrogens with one attached hydrogen (secondary N) is 1. The molecule has 140 valence electrons. The summed E-state index contributed by atoms with van der Waals surface area (Å²) in [6.07, 6.45) is 0. The molecular formula is C17H14ClN3O5S. The van der Waals surface area contributed by atoms with Crippen molar-refractivity contribution in [3.63, 3.8) is 0 Å². The van der Waals surface area contributed by atoms with E-state index in [0.29, 0.717) is 16.4 Å². The van der Waals surface area contributed by atoms with Crippen LogP contribution in [0.15, 0.2) is 57.9 Å². The maximum Gasteiger partial charge on any atom is 0.337 e. The summed E-state index contributed by atoms with van der Waals surface area (Å²) in [7, 11) is -2.67. The second-order valence-corrected chi connectivity index (χ2v) is 7.57. The fraction of sp³-hybridized carbons (Fsp3) is 0.118. The van der Waals surface area contributed by atoms with Crippen LogP contribution < -0.4 is 4.72 Å². The summed E-state index contributed by atoms with van der Waals surface area (Å²) in [6, 6.07) is 12.4. The molecule has 1 heterocycles. The third-order valence-corrected chi connectivity index (χ3v) is 5.16. The molecule has 3 rings (SSSR count). The third kappa shape index (κ3) is 4.51. The van der Waals surface area contributed by atoms with Crippen molar-refractivity contribution in [3.05, 3.63) is 65.0 Å². The topological polar surface area (TPSA) is 111 Å². The lowest BCUT2D eigenvalue weighted by molar-refractivity contribution is 0.0600. The van der Waals surface area contributed by atoms with Crippen molar-refractivity contribution in [2.75, 3.05) is 7.11 Å². The Kier molecular flexibility index (Phi) is 5.54. The molecule has 0 aliphatic carbocycles. The Labute approximate surface area is 160 Å². The molecule has 0 unspecified atom stereocenters. The molecule has 0 spiro atoms. The zero-order valence-corrected chi connectivity index (χ0v) is 15.6. The monoisotopic (exact) mass is 407 g/mol. The minimum Gasteiger partial charge on any atom is -0.465 e. The van der Waals surface area contributed by atoms with Gasteiger partial charge in [0.15, 0.2) is 0 Å². The quantitative estimate of drug-likeness (QED) is 0.625. The van der Waals surface area contributed by atoms with Gasteiger partial charge in [0.2, 0.25) is 21.7 Å². The number of benzene rings is 2. The largest absolute Gasteiger partial charge is 0.465 e. The Morgan fingerprint density at radius 3 is 2.74 bits per heavy atom. The predicted octanol–water partition coefficient (Wildman–Crippen LogP) is 2.66. The van der Waals surface area contributed by atoms with Gasteiger partial charge in [-0.3, -0.25) is 0 Å². The summed E-state index contributed by atoms with van der Waals surface area (Å²) in [5, 5.41) is 4.33. The lowest BCUT2D eigenvalue weighted by Crippen LogP contribution is -2.23. The van der Waals surface area contributed by atoms with E-state index in [9.17, 15) is 13.2 Å². The number of nitrogens with zero attached hydrogens (tertiary/aromatic N) is 2. The van der Waals surface area contributed by atoms with Gasteiger partial charge < -0.3 is 9.26 Å². The van der Waals surface area contributed by atoms with Crippen molar-refractivity contribution >= 4 is 27.6 Å². The van der Waals surface area contributed by atoms with E-state index in [4.69, 9.17) is 16.1 Å². The first kappa shape index (κ1) is 19.0. The van der Waals surface area contributed by atoms with Crippen LogP contribution in [0.3, 0.4) is 0 Å². The molecule has 0 bridgehead atoms. The van der Waals surface area contributed by atoms with Gasteiger partial charge in [-0.25, -0.2) is 17.9 Å². The van der Waals surface area contributed by atoms with E-state index < -0.39 is 16.0 Å². The molecule has 0 saturated heterocycles. The number of sulfonamides is 1. The second kappa shape index (κ2) is 7.87. The minimum atomic E-state index is -3.89. The Morgan fingerprint density at radius 2 is 2.00 bits per heavy atom. The number of halogens is 1. The van der Waals surface area contributed by atoms with Crippen LogP contribution in [0.4, 0.5) is 0 Å². The molecule has 0 aliphatic rings. The first-order valence-corrected chi connectivity index (χ1v) is 9.52. The zero-order chi connectivity index (χ0) is 19.4. The average Bonchev–Trinajstić information content (AvgIpc) is 3.15. The number of rotatable bonds is 6. The fourth-order valence-corrected chi connectivity index (χ4v) is 3.43. The Balaban J connectivity index is 1.74. The van der Waals surface area contributed by atoms with E-state index in [1.165, 1.54) is 31.4 Å². The van der Waals surface area contributed by atoms with Crippen molar-refractivity contribution in [3.8, 4) is 11.4 Å². The van der Waals surface area contributed by atoms with Crippen molar-refractivity contribution in [2.45, 2.75) is 11.4 Å². The Hall–Kier alpha value is -2.75. The molecule has 10 heteroatoms. The van der Waals surface area contributed by atoms with Gasteiger partial charge in [0, 0.05) is 10.6 Å². The van der Waals surface area contributed by atoms with Gasteiger partial charge in [-0.2, -0.15) is 4.98 Å². The Bertz CT molecular complexity index is 1080. The molecule has 1 N–H and O–H groups in total. The summed E-state index contributed by atoms with van der Waals surface area (Å²) in [4.78, 5) is 15.6. The maximum atomic E-state index is 12.4. The molecule has 0 saturated carbocycles. The number of ether oxygens (including phenoxy) is 1. The molecule has 0 aliphatic heterocycles. The highest BCUT2D eigenvalue weighted by atomic mass is 35.5. The van der Waals surface area contributed by atoms with Gasteiger partial charge in [-0.05, 0) is 30.3 Å². The molecule has 0 fully saturated rings. The normalized spacial score (nSPS) is 11.3. The standard InChI is InChI=1S/C17H14ClN3O5S/c1-25-17(22)12-5-3-7-14(9-12)27(23,24)19-10-15-20-16(21-26-15)11-4-2-6-13(18)8-11/h2-9,19H,10H2,1H3. The van der Waals surface area contributed by atoms with Crippen LogP contribution in [0, 0.1) is 0 Å². The maximum absolute atomic E-state index is 12.4. The summed E-state index contributed by atoms with van der Waals surface area (Å²) >= 11 is 5.93. The molecular weight excluding hydrogens is 394 g/mol. The van der Waals surface area contributed by atoms with Crippen LogP contribution in [0.5, 0.6) is 0 Å². The van der Waals surface area contributed by atoms with Crippen molar-refractivity contribution in [1.29, 1.82) is 0 Å². The summed E-state index contributed by atoms with van der Waals surface area (Å²) in [5.74, 6) is -0.257. The van der Waals surface area contributed by atoms with E-state index in [1.54, 1.807) is 24.3 Å². The van der Waals surface area contributed by atoms with Crippen LogP contribution in [-0.4, -0.2) is 31.6 Å². The molecule has 0 radical (unpaired) electrons. The first-order valence-electron chi connectivity index (χ1n) is 7.65. The lowest BCUT2D eigenvalue weighted by Gasteiger charge is -2.06. The van der Waals surface area contributed by atoms with Crippen molar-refractivity contribution in [1.82, 2.24) is 14.9 Å². The first-order chi connectivity index (χ1) is 12.9. The van der Waals surface area contributed by atoms with Crippen molar-refractivity contribution < 1.29 is 22.5 Å². The number of hydrogen-bond donors (Lipinski definition) is 1. The van der Waals surface area contributed by atoms with Gasteiger partial charge in [0.05, 0.1) is 24.1 Å². The predicted molar refractivity (Wildman–Crippen MR) is 96.6 cm³/mol. The molecule has 27 heavy (non-hydrogen) atoms. The van der Waals surface area contributed by atoms with Crippen LogP contribution in [-0.2, 0) is 21.3 Å². The van der Waals surface area contributed by atoms with Crippen LogP contribution >= 0.6 is 11.6 Å². The highest BCUT2D eigenvalue weighted by molar-refractivity contribution is 7.89. The van der Waals surface area contributed by atoms with Crippen LogP contribution in [0.2, 0.25) is 5.02 Å². The van der Waals surface area contributed by atoms with Gasteiger partial charge in [0.1, 0.15) is 0 Å². The fourth-order valence-electron chi connectivity index (χ4n) is 2.22. The van der Waals surface area contributed by atoms with Crippen LogP contribution in [0.1, 0.15) is 16.2 Å². The lowest BCUT2D eigenvalue weighted by atomic mass is 10.2. The number of carbonyl (C=O) groups is 1. The van der Waals surface area contributed by atoms with E-state index in [-0.39, 0.29) is 22.9 Å². The highest BCUT2D eigenvalue weighted by Gasteiger charge is 2.18. The van der Waals surface area contributed by atoms with E-state index >= 15 is 0 Å². The number of methoxy groups -OCH3 is 1. The SMILES string of the molecule is COC(=O)c1cccc(S(=O)(=O)NCc2nc(-c3cccc(Cl)c3)no2)c1. The molecule has 0 atom stereocenters. The number of carbonyl (C=O) groups excluding carboxylic acids is 1. The summed E-state index contributed by atoms with van der Waals surface area (Å²) in [5.41, 5.74) is 0.771. The van der Waals surface area contributed by atoms with Crippen molar-refractivity contribution in [2.24, 2.45) is 0 Å². The van der Waals surface area contributed by atoms with Crippen LogP contribution in [0.25, 0.3) is 11.4 Å². The molecule has 8 nitrogen and oxygen atoms in total. The van der Waals surface area contributed by atoms with E-state index in [1.807, 2.05) is 0 Å².